The van der Waals surface area contributed by atoms with Gasteiger partial charge in [-0.3, -0.25) is 9.69 Å². The Kier molecular flexibility index (Phi) is 5.35. The van der Waals surface area contributed by atoms with Crippen molar-refractivity contribution in [1.82, 2.24) is 29.0 Å². The van der Waals surface area contributed by atoms with Crippen molar-refractivity contribution in [3.8, 4) is 17.0 Å². The number of morpholine rings is 1. The van der Waals surface area contributed by atoms with E-state index in [1.54, 1.807) is 16.2 Å². The molecule has 0 unspecified atom stereocenters. The van der Waals surface area contributed by atoms with Gasteiger partial charge in [0, 0.05) is 37.9 Å². The molecule has 0 bridgehead atoms. The summed E-state index contributed by atoms with van der Waals surface area (Å²) in [5.74, 6) is 1.16. The predicted octanol–water partition coefficient (Wildman–Crippen LogP) is 1.84. The molecule has 5 rings (SSSR count). The second kappa shape index (κ2) is 8.44. The molecule has 4 heterocycles. The molecule has 0 N–H and O–H groups in total. The van der Waals surface area contributed by atoms with Crippen molar-refractivity contribution in [3.05, 3.63) is 53.2 Å². The third-order valence-corrected chi connectivity index (χ3v) is 5.66. The monoisotopic (exact) mass is 420 g/mol. The molecule has 9 nitrogen and oxygen atoms in total. The number of hydrogen-bond donors (Lipinski definition) is 0. The summed E-state index contributed by atoms with van der Waals surface area (Å²) in [7, 11) is 1.62. The standard InChI is InChI=1S/C22H24N6O3/c1-30-17-5-2-4-16(14-17)20-19-18(25-22-23-15-24-28(20)22)6-9-27(21(19)29)8-3-7-26-10-12-31-13-11-26/h2,4-6,9,14-15H,3,7-8,10-13H2,1H3. The molecule has 0 saturated carbocycles. The number of fused-ring (bicyclic) bond motifs is 2. The van der Waals surface area contributed by atoms with Crippen molar-refractivity contribution in [2.75, 3.05) is 40.0 Å². The molecule has 31 heavy (non-hydrogen) atoms. The number of benzene rings is 1. The molecular formula is C22H24N6O3. The van der Waals surface area contributed by atoms with Crippen LogP contribution in [0.15, 0.2) is 47.7 Å². The Balaban J connectivity index is 1.57. The number of aromatic nitrogens is 5. The minimum atomic E-state index is -0.0813. The predicted molar refractivity (Wildman–Crippen MR) is 116 cm³/mol. The summed E-state index contributed by atoms with van der Waals surface area (Å²) >= 11 is 0. The molecule has 4 aromatic rings. The van der Waals surface area contributed by atoms with Crippen LogP contribution in [-0.2, 0) is 11.3 Å². The van der Waals surface area contributed by atoms with E-state index in [0.29, 0.717) is 34.7 Å². The average molecular weight is 420 g/mol. The Morgan fingerprint density at radius 2 is 2.03 bits per heavy atom. The first-order chi connectivity index (χ1) is 15.2. The smallest absolute Gasteiger partial charge is 0.262 e. The van der Waals surface area contributed by atoms with Crippen molar-refractivity contribution in [1.29, 1.82) is 0 Å². The van der Waals surface area contributed by atoms with E-state index in [1.165, 1.54) is 6.33 Å². The van der Waals surface area contributed by atoms with Gasteiger partial charge < -0.3 is 14.0 Å². The van der Waals surface area contributed by atoms with Crippen LogP contribution in [0.5, 0.6) is 5.75 Å². The molecule has 160 valence electrons. The van der Waals surface area contributed by atoms with Crippen molar-refractivity contribution in [2.45, 2.75) is 13.0 Å². The Hall–Kier alpha value is -3.30. The van der Waals surface area contributed by atoms with Gasteiger partial charge in [-0.1, -0.05) is 12.1 Å². The van der Waals surface area contributed by atoms with E-state index < -0.39 is 0 Å². The number of hydrogen-bond acceptors (Lipinski definition) is 7. The van der Waals surface area contributed by atoms with Gasteiger partial charge in [-0.05, 0) is 24.6 Å². The van der Waals surface area contributed by atoms with Crippen LogP contribution in [0, 0.1) is 0 Å². The molecule has 0 radical (unpaired) electrons. The van der Waals surface area contributed by atoms with Gasteiger partial charge in [-0.2, -0.15) is 14.6 Å². The van der Waals surface area contributed by atoms with Crippen LogP contribution < -0.4 is 10.3 Å². The summed E-state index contributed by atoms with van der Waals surface area (Å²) in [6.45, 7) is 5.02. The zero-order chi connectivity index (χ0) is 21.2. The van der Waals surface area contributed by atoms with Gasteiger partial charge in [0.2, 0.25) is 0 Å². The van der Waals surface area contributed by atoms with Crippen molar-refractivity contribution in [2.24, 2.45) is 0 Å². The van der Waals surface area contributed by atoms with Crippen LogP contribution in [0.3, 0.4) is 0 Å². The Morgan fingerprint density at radius 1 is 1.16 bits per heavy atom. The molecule has 0 aliphatic carbocycles. The van der Waals surface area contributed by atoms with Crippen molar-refractivity contribution in [3.63, 3.8) is 0 Å². The topological polar surface area (TPSA) is 86.8 Å². The normalized spacial score (nSPS) is 15.0. The van der Waals surface area contributed by atoms with Gasteiger partial charge in [-0.25, -0.2) is 4.98 Å². The minimum absolute atomic E-state index is 0.0813. The maximum absolute atomic E-state index is 13.5. The molecule has 1 saturated heterocycles. The zero-order valence-corrected chi connectivity index (χ0v) is 17.4. The molecule has 0 amide bonds. The largest absolute Gasteiger partial charge is 0.497 e. The SMILES string of the molecule is COc1cccc(-c2c3c(=O)n(CCCN4CCOCC4)ccc3nc3ncnn23)c1. The summed E-state index contributed by atoms with van der Waals surface area (Å²) in [4.78, 5) is 24.7. The first-order valence-electron chi connectivity index (χ1n) is 10.4. The highest BCUT2D eigenvalue weighted by molar-refractivity contribution is 5.93. The van der Waals surface area contributed by atoms with Crippen LogP contribution in [0.25, 0.3) is 27.9 Å². The summed E-state index contributed by atoms with van der Waals surface area (Å²) in [6.07, 6.45) is 4.16. The highest BCUT2D eigenvalue weighted by Crippen LogP contribution is 2.28. The van der Waals surface area contributed by atoms with Crippen LogP contribution in [0.4, 0.5) is 0 Å². The molecule has 0 atom stereocenters. The molecular weight excluding hydrogens is 396 g/mol. The molecule has 1 aliphatic rings. The van der Waals surface area contributed by atoms with Crippen LogP contribution >= 0.6 is 0 Å². The van der Waals surface area contributed by atoms with E-state index >= 15 is 0 Å². The molecule has 1 fully saturated rings. The summed E-state index contributed by atoms with van der Waals surface area (Å²) in [6, 6.07) is 9.48. The van der Waals surface area contributed by atoms with E-state index in [9.17, 15) is 4.79 Å². The second-order valence-electron chi connectivity index (χ2n) is 7.55. The molecule has 9 heteroatoms. The lowest BCUT2D eigenvalue weighted by atomic mass is 10.1. The van der Waals surface area contributed by atoms with E-state index in [2.05, 4.69) is 20.0 Å². The highest BCUT2D eigenvalue weighted by atomic mass is 16.5. The Morgan fingerprint density at radius 3 is 2.87 bits per heavy atom. The zero-order valence-electron chi connectivity index (χ0n) is 17.4. The first kappa shape index (κ1) is 19.7. The molecule has 1 aliphatic heterocycles. The van der Waals surface area contributed by atoms with Crippen molar-refractivity contribution < 1.29 is 9.47 Å². The Labute approximate surface area is 178 Å². The number of methoxy groups -OCH3 is 1. The number of pyridine rings is 1. The molecule has 0 spiro atoms. The fourth-order valence-corrected chi connectivity index (χ4v) is 4.07. The summed E-state index contributed by atoms with van der Waals surface area (Å²) in [5.41, 5.74) is 2.02. The van der Waals surface area contributed by atoms with Crippen LogP contribution in [-0.4, -0.2) is 69.0 Å². The first-order valence-corrected chi connectivity index (χ1v) is 10.4. The van der Waals surface area contributed by atoms with E-state index in [4.69, 9.17) is 9.47 Å². The lowest BCUT2D eigenvalue weighted by Gasteiger charge is -2.26. The fraction of sp³-hybridized carbons (Fsp3) is 0.364. The fourth-order valence-electron chi connectivity index (χ4n) is 4.07. The van der Waals surface area contributed by atoms with Crippen LogP contribution in [0.2, 0.25) is 0 Å². The molecule has 1 aromatic carbocycles. The quantitative estimate of drug-likeness (QED) is 0.470. The van der Waals surface area contributed by atoms with E-state index in [0.717, 1.165) is 44.8 Å². The summed E-state index contributed by atoms with van der Waals surface area (Å²) < 4.78 is 14.2. The highest BCUT2D eigenvalue weighted by Gasteiger charge is 2.18. The van der Waals surface area contributed by atoms with Gasteiger partial charge in [0.25, 0.3) is 11.3 Å². The van der Waals surface area contributed by atoms with Gasteiger partial charge in [0.05, 0.1) is 36.9 Å². The number of ether oxygens (including phenoxy) is 2. The second-order valence-corrected chi connectivity index (χ2v) is 7.55. The number of nitrogens with zero attached hydrogens (tertiary/aromatic N) is 6. The number of rotatable bonds is 6. The van der Waals surface area contributed by atoms with Gasteiger partial charge >= 0.3 is 0 Å². The minimum Gasteiger partial charge on any atom is -0.497 e. The number of aryl methyl sites for hydroxylation is 1. The van der Waals surface area contributed by atoms with Gasteiger partial charge in [0.1, 0.15) is 12.1 Å². The lowest BCUT2D eigenvalue weighted by Crippen LogP contribution is -2.37. The van der Waals surface area contributed by atoms with Crippen LogP contribution in [0.1, 0.15) is 6.42 Å². The Bertz CT molecular complexity index is 1280. The average Bonchev–Trinajstić information content (AvgIpc) is 3.28. The van der Waals surface area contributed by atoms with Gasteiger partial charge in [-0.15, -0.1) is 0 Å². The maximum atomic E-state index is 13.5. The van der Waals surface area contributed by atoms with Crippen molar-refractivity contribution >= 4 is 16.7 Å². The molecule has 3 aromatic heterocycles. The van der Waals surface area contributed by atoms with E-state index in [1.807, 2.05) is 36.5 Å². The van der Waals surface area contributed by atoms with Gasteiger partial charge in [0.15, 0.2) is 0 Å². The lowest BCUT2D eigenvalue weighted by molar-refractivity contribution is 0.0369. The van der Waals surface area contributed by atoms with E-state index in [-0.39, 0.29) is 5.56 Å². The maximum Gasteiger partial charge on any atom is 0.262 e. The third-order valence-electron chi connectivity index (χ3n) is 5.66. The third kappa shape index (κ3) is 3.77. The summed E-state index contributed by atoms with van der Waals surface area (Å²) in [5, 5.41) is 4.86.